The minimum absolute atomic E-state index is 0.0452. The highest BCUT2D eigenvalue weighted by molar-refractivity contribution is 5.67. The van der Waals surface area contributed by atoms with E-state index in [4.69, 9.17) is 0 Å². The van der Waals surface area contributed by atoms with Crippen LogP contribution in [-0.4, -0.2) is 12.0 Å². The second kappa shape index (κ2) is 5.23. The first-order valence-corrected chi connectivity index (χ1v) is 5.69. The van der Waals surface area contributed by atoms with E-state index in [0.29, 0.717) is 11.1 Å². The Morgan fingerprint density at radius 2 is 1.89 bits per heavy atom. The van der Waals surface area contributed by atoms with Crippen molar-refractivity contribution in [2.75, 3.05) is 7.05 Å². The van der Waals surface area contributed by atoms with Gasteiger partial charge in [0.2, 0.25) is 0 Å². The molecule has 1 heterocycles. The van der Waals surface area contributed by atoms with Crippen LogP contribution in [0.5, 0.6) is 0 Å². The van der Waals surface area contributed by atoms with Crippen LogP contribution in [0.4, 0.5) is 8.78 Å². The van der Waals surface area contributed by atoms with Crippen LogP contribution in [0, 0.1) is 11.6 Å². The lowest BCUT2D eigenvalue weighted by molar-refractivity contribution is 0.617. The van der Waals surface area contributed by atoms with Crippen LogP contribution in [0.2, 0.25) is 0 Å². The lowest BCUT2D eigenvalue weighted by atomic mass is 9.96. The van der Waals surface area contributed by atoms with Crippen LogP contribution in [0.25, 0.3) is 11.1 Å². The van der Waals surface area contributed by atoms with Crippen molar-refractivity contribution in [2.24, 2.45) is 0 Å². The van der Waals surface area contributed by atoms with Crippen molar-refractivity contribution < 1.29 is 8.78 Å². The van der Waals surface area contributed by atoms with Gasteiger partial charge in [0.05, 0.1) is 6.20 Å². The average Bonchev–Trinajstić information content (AvgIpc) is 2.38. The van der Waals surface area contributed by atoms with Gasteiger partial charge in [-0.1, -0.05) is 6.07 Å². The Bertz CT molecular complexity index is 555. The van der Waals surface area contributed by atoms with Gasteiger partial charge in [-0.2, -0.15) is 0 Å². The SMILES string of the molecule is CNC(C)c1ccc(F)cc1-c1cncc(F)c1. The van der Waals surface area contributed by atoms with Gasteiger partial charge in [-0.25, -0.2) is 8.78 Å². The van der Waals surface area contributed by atoms with Gasteiger partial charge in [-0.05, 0) is 43.3 Å². The van der Waals surface area contributed by atoms with Crippen LogP contribution in [-0.2, 0) is 0 Å². The van der Waals surface area contributed by atoms with Crippen molar-refractivity contribution in [2.45, 2.75) is 13.0 Å². The van der Waals surface area contributed by atoms with Gasteiger partial charge < -0.3 is 5.32 Å². The third kappa shape index (κ3) is 2.54. The number of pyridine rings is 1. The first-order chi connectivity index (χ1) is 8.61. The summed E-state index contributed by atoms with van der Waals surface area (Å²) in [6.07, 6.45) is 2.66. The number of hydrogen-bond acceptors (Lipinski definition) is 2. The first kappa shape index (κ1) is 12.6. The standard InChI is InChI=1S/C14H14F2N2/c1-9(17-2)13-4-3-11(15)6-14(13)10-5-12(16)8-18-7-10/h3-9,17H,1-2H3. The van der Waals surface area contributed by atoms with Crippen molar-refractivity contribution >= 4 is 0 Å². The Kier molecular flexibility index (Phi) is 3.67. The molecule has 0 spiro atoms. The molecule has 0 fully saturated rings. The molecule has 0 saturated carbocycles. The van der Waals surface area contributed by atoms with Crippen molar-refractivity contribution in [3.63, 3.8) is 0 Å². The summed E-state index contributed by atoms with van der Waals surface area (Å²) >= 11 is 0. The summed E-state index contributed by atoms with van der Waals surface area (Å²) in [6.45, 7) is 1.96. The third-order valence-corrected chi connectivity index (χ3v) is 2.93. The molecular formula is C14H14F2N2. The van der Waals surface area contributed by atoms with E-state index in [1.807, 2.05) is 14.0 Å². The van der Waals surface area contributed by atoms with E-state index in [1.165, 1.54) is 24.4 Å². The molecule has 2 aromatic rings. The molecule has 0 aliphatic rings. The van der Waals surface area contributed by atoms with Gasteiger partial charge in [0.15, 0.2) is 0 Å². The summed E-state index contributed by atoms with van der Waals surface area (Å²) in [6, 6.07) is 5.91. The van der Waals surface area contributed by atoms with E-state index in [1.54, 1.807) is 6.07 Å². The molecule has 0 aliphatic carbocycles. The van der Waals surface area contributed by atoms with Gasteiger partial charge in [0.1, 0.15) is 11.6 Å². The molecule has 0 bridgehead atoms. The zero-order valence-corrected chi connectivity index (χ0v) is 10.2. The highest BCUT2D eigenvalue weighted by Crippen LogP contribution is 2.28. The Morgan fingerprint density at radius 1 is 1.11 bits per heavy atom. The highest BCUT2D eigenvalue weighted by atomic mass is 19.1. The summed E-state index contributed by atoms with van der Waals surface area (Å²) in [4.78, 5) is 3.80. The molecule has 1 aromatic heterocycles. The van der Waals surface area contributed by atoms with Crippen molar-refractivity contribution in [3.8, 4) is 11.1 Å². The van der Waals surface area contributed by atoms with Crippen molar-refractivity contribution in [1.29, 1.82) is 0 Å². The molecule has 0 amide bonds. The Balaban J connectivity index is 2.58. The number of rotatable bonds is 3. The molecule has 0 saturated heterocycles. The maximum Gasteiger partial charge on any atom is 0.142 e. The lowest BCUT2D eigenvalue weighted by Crippen LogP contribution is -2.13. The van der Waals surface area contributed by atoms with Gasteiger partial charge in [-0.3, -0.25) is 4.98 Å². The zero-order chi connectivity index (χ0) is 13.1. The summed E-state index contributed by atoms with van der Waals surface area (Å²) in [5.74, 6) is -0.777. The van der Waals surface area contributed by atoms with Crippen molar-refractivity contribution in [1.82, 2.24) is 10.3 Å². The minimum Gasteiger partial charge on any atom is -0.313 e. The molecule has 2 nitrogen and oxygen atoms in total. The topological polar surface area (TPSA) is 24.9 Å². The molecule has 1 aromatic carbocycles. The van der Waals surface area contributed by atoms with E-state index >= 15 is 0 Å². The van der Waals surface area contributed by atoms with E-state index in [-0.39, 0.29) is 11.9 Å². The predicted octanol–water partition coefficient (Wildman–Crippen LogP) is 3.31. The molecule has 0 aliphatic heterocycles. The number of hydrogen-bond donors (Lipinski definition) is 1. The van der Waals surface area contributed by atoms with E-state index in [2.05, 4.69) is 10.3 Å². The molecule has 1 atom stereocenters. The summed E-state index contributed by atoms with van der Waals surface area (Å²) in [7, 11) is 1.82. The lowest BCUT2D eigenvalue weighted by Gasteiger charge is -2.16. The number of nitrogens with one attached hydrogen (secondary N) is 1. The molecule has 94 valence electrons. The van der Waals surface area contributed by atoms with Gasteiger partial charge in [-0.15, -0.1) is 0 Å². The highest BCUT2D eigenvalue weighted by Gasteiger charge is 2.12. The average molecular weight is 248 g/mol. The van der Waals surface area contributed by atoms with Crippen LogP contribution in [0.3, 0.4) is 0 Å². The number of nitrogens with zero attached hydrogens (tertiary/aromatic N) is 1. The maximum atomic E-state index is 13.4. The summed E-state index contributed by atoms with van der Waals surface area (Å²) in [5, 5.41) is 3.09. The Morgan fingerprint density at radius 3 is 2.56 bits per heavy atom. The number of benzene rings is 1. The Hall–Kier alpha value is -1.81. The molecular weight excluding hydrogens is 234 g/mol. The van der Waals surface area contributed by atoms with E-state index < -0.39 is 5.82 Å². The van der Waals surface area contributed by atoms with Crippen LogP contribution in [0.15, 0.2) is 36.7 Å². The normalized spacial score (nSPS) is 12.4. The van der Waals surface area contributed by atoms with Crippen LogP contribution in [0.1, 0.15) is 18.5 Å². The molecule has 1 N–H and O–H groups in total. The monoisotopic (exact) mass is 248 g/mol. The third-order valence-electron chi connectivity index (χ3n) is 2.93. The predicted molar refractivity (Wildman–Crippen MR) is 67.1 cm³/mol. The summed E-state index contributed by atoms with van der Waals surface area (Å²) in [5.41, 5.74) is 2.14. The second-order valence-corrected chi connectivity index (χ2v) is 4.13. The smallest absolute Gasteiger partial charge is 0.142 e. The molecule has 1 unspecified atom stereocenters. The molecule has 18 heavy (non-hydrogen) atoms. The van der Waals surface area contributed by atoms with E-state index in [9.17, 15) is 8.78 Å². The number of aromatic nitrogens is 1. The van der Waals surface area contributed by atoms with Gasteiger partial charge in [0, 0.05) is 17.8 Å². The fourth-order valence-corrected chi connectivity index (χ4v) is 1.87. The fraction of sp³-hybridized carbons (Fsp3) is 0.214. The quantitative estimate of drug-likeness (QED) is 0.901. The minimum atomic E-state index is -0.431. The molecule has 2 rings (SSSR count). The van der Waals surface area contributed by atoms with Crippen LogP contribution < -0.4 is 5.32 Å². The van der Waals surface area contributed by atoms with Crippen molar-refractivity contribution in [3.05, 3.63) is 53.9 Å². The first-order valence-electron chi connectivity index (χ1n) is 5.69. The zero-order valence-electron chi connectivity index (χ0n) is 10.2. The Labute approximate surface area is 105 Å². The largest absolute Gasteiger partial charge is 0.313 e. The van der Waals surface area contributed by atoms with Gasteiger partial charge >= 0.3 is 0 Å². The number of halogens is 2. The molecule has 0 radical (unpaired) electrons. The fourth-order valence-electron chi connectivity index (χ4n) is 1.87. The molecule has 4 heteroatoms. The maximum absolute atomic E-state index is 13.4. The summed E-state index contributed by atoms with van der Waals surface area (Å²) < 4.78 is 26.6. The second-order valence-electron chi connectivity index (χ2n) is 4.13. The van der Waals surface area contributed by atoms with E-state index in [0.717, 1.165) is 11.8 Å². The van der Waals surface area contributed by atoms with Crippen LogP contribution >= 0.6 is 0 Å². The van der Waals surface area contributed by atoms with Gasteiger partial charge in [0.25, 0.3) is 0 Å².